The number of phenolic OH excluding ortho intramolecular Hbond substituents is 1. The summed E-state index contributed by atoms with van der Waals surface area (Å²) in [6.45, 7) is 0.555. The first kappa shape index (κ1) is 19.4. The van der Waals surface area contributed by atoms with Gasteiger partial charge in [-0.1, -0.05) is 6.07 Å². The number of aromatic hydroxyl groups is 1. The molecule has 3 aromatic rings. The molecule has 0 spiro atoms. The fourth-order valence-electron chi connectivity index (χ4n) is 2.85. The Hall–Kier alpha value is -2.40. The highest BCUT2D eigenvalue weighted by molar-refractivity contribution is 14.1. The standard InChI is InChI=1S/C18H20IN5O3/c19-12-9-11(4-5-15(12)26)10-14(16(20)27)24-17-13(3-1-6-21-17)23-18(24)22-7-2-8-25/h1,3-6,9,14,25-26H,2,7-8,10H2,(H2,20,27)(H,22,23). The Kier molecular flexibility index (Phi) is 6.11. The minimum absolute atomic E-state index is 0.0523. The number of halogens is 1. The number of carbonyl (C=O) groups excluding carboxylic acids is 1. The average molecular weight is 481 g/mol. The fraction of sp³-hybridized carbons (Fsp3) is 0.278. The van der Waals surface area contributed by atoms with E-state index in [1.165, 1.54) is 0 Å². The molecule has 1 amide bonds. The van der Waals surface area contributed by atoms with Crippen LogP contribution in [-0.2, 0) is 11.2 Å². The van der Waals surface area contributed by atoms with Crippen molar-refractivity contribution in [3.63, 3.8) is 0 Å². The van der Waals surface area contributed by atoms with Crippen LogP contribution in [0.25, 0.3) is 11.2 Å². The highest BCUT2D eigenvalue weighted by Crippen LogP contribution is 2.27. The van der Waals surface area contributed by atoms with Crippen molar-refractivity contribution in [2.75, 3.05) is 18.5 Å². The Labute approximate surface area is 169 Å². The minimum Gasteiger partial charge on any atom is -0.507 e. The van der Waals surface area contributed by atoms with Crippen molar-refractivity contribution in [1.82, 2.24) is 14.5 Å². The number of imidazole rings is 1. The number of nitrogens with zero attached hydrogens (tertiary/aromatic N) is 3. The maximum Gasteiger partial charge on any atom is 0.241 e. The summed E-state index contributed by atoms with van der Waals surface area (Å²) in [6, 6.07) is 8.06. The van der Waals surface area contributed by atoms with Gasteiger partial charge >= 0.3 is 0 Å². The molecule has 142 valence electrons. The Morgan fingerprint density at radius 2 is 2.19 bits per heavy atom. The molecule has 27 heavy (non-hydrogen) atoms. The van der Waals surface area contributed by atoms with Crippen LogP contribution in [0.15, 0.2) is 36.5 Å². The molecule has 0 aliphatic carbocycles. The lowest BCUT2D eigenvalue weighted by Gasteiger charge is -2.19. The summed E-state index contributed by atoms with van der Waals surface area (Å²) in [6.07, 6.45) is 2.52. The van der Waals surface area contributed by atoms with Crippen molar-refractivity contribution < 1.29 is 15.0 Å². The van der Waals surface area contributed by atoms with E-state index in [4.69, 9.17) is 10.8 Å². The van der Waals surface area contributed by atoms with Crippen LogP contribution >= 0.6 is 22.6 Å². The maximum atomic E-state index is 12.3. The van der Waals surface area contributed by atoms with E-state index in [0.717, 1.165) is 5.56 Å². The van der Waals surface area contributed by atoms with E-state index < -0.39 is 11.9 Å². The molecule has 5 N–H and O–H groups in total. The van der Waals surface area contributed by atoms with Crippen molar-refractivity contribution in [3.8, 4) is 5.75 Å². The summed E-state index contributed by atoms with van der Waals surface area (Å²) >= 11 is 2.04. The zero-order valence-corrected chi connectivity index (χ0v) is 16.6. The largest absolute Gasteiger partial charge is 0.507 e. The molecular formula is C18H20IN5O3. The number of nitrogens with two attached hydrogens (primary N) is 1. The third kappa shape index (κ3) is 4.30. The number of anilines is 1. The number of nitrogens with one attached hydrogen (secondary N) is 1. The summed E-state index contributed by atoms with van der Waals surface area (Å²) in [5.74, 6) is 0.166. The number of aromatic nitrogens is 3. The second kappa shape index (κ2) is 8.53. The molecule has 0 fully saturated rings. The summed E-state index contributed by atoms with van der Waals surface area (Å²) in [7, 11) is 0. The Morgan fingerprint density at radius 3 is 2.89 bits per heavy atom. The Balaban J connectivity index is 2.03. The van der Waals surface area contributed by atoms with Crippen molar-refractivity contribution >= 4 is 45.6 Å². The molecule has 3 rings (SSSR count). The van der Waals surface area contributed by atoms with Gasteiger partial charge in [0.15, 0.2) is 5.65 Å². The van der Waals surface area contributed by atoms with Gasteiger partial charge in [-0.15, -0.1) is 0 Å². The van der Waals surface area contributed by atoms with E-state index in [-0.39, 0.29) is 12.4 Å². The number of primary amides is 1. The number of pyridine rings is 1. The molecule has 2 heterocycles. The van der Waals surface area contributed by atoms with Gasteiger partial charge in [-0.05, 0) is 58.8 Å². The number of fused-ring (bicyclic) bond motifs is 1. The molecule has 0 saturated carbocycles. The van der Waals surface area contributed by atoms with E-state index in [9.17, 15) is 9.90 Å². The first-order valence-corrected chi connectivity index (χ1v) is 9.53. The normalized spacial score (nSPS) is 12.2. The topological polar surface area (TPSA) is 126 Å². The lowest BCUT2D eigenvalue weighted by Crippen LogP contribution is -2.29. The molecule has 9 heteroatoms. The van der Waals surface area contributed by atoms with Crippen LogP contribution in [0, 0.1) is 3.57 Å². The molecule has 0 radical (unpaired) electrons. The van der Waals surface area contributed by atoms with Gasteiger partial charge in [-0.3, -0.25) is 9.36 Å². The number of amides is 1. The number of benzene rings is 1. The molecule has 0 aliphatic rings. The second-order valence-electron chi connectivity index (χ2n) is 6.06. The van der Waals surface area contributed by atoms with Gasteiger partial charge in [-0.25, -0.2) is 9.97 Å². The maximum absolute atomic E-state index is 12.3. The molecule has 0 bridgehead atoms. The summed E-state index contributed by atoms with van der Waals surface area (Å²) in [5.41, 5.74) is 7.79. The van der Waals surface area contributed by atoms with Crippen LogP contribution in [0.2, 0.25) is 0 Å². The quantitative estimate of drug-likeness (QED) is 0.287. The number of hydrogen-bond acceptors (Lipinski definition) is 6. The third-order valence-electron chi connectivity index (χ3n) is 4.15. The molecule has 0 saturated heterocycles. The summed E-state index contributed by atoms with van der Waals surface area (Å²) in [5, 5.41) is 21.9. The Bertz CT molecular complexity index is 959. The van der Waals surface area contributed by atoms with Crippen LogP contribution < -0.4 is 11.1 Å². The van der Waals surface area contributed by atoms with E-state index in [1.807, 2.05) is 34.7 Å². The average Bonchev–Trinajstić information content (AvgIpc) is 3.00. The van der Waals surface area contributed by atoms with E-state index in [2.05, 4.69) is 15.3 Å². The highest BCUT2D eigenvalue weighted by Gasteiger charge is 2.25. The molecule has 1 unspecified atom stereocenters. The lowest BCUT2D eigenvalue weighted by molar-refractivity contribution is -0.121. The predicted molar refractivity (Wildman–Crippen MR) is 110 cm³/mol. The zero-order valence-electron chi connectivity index (χ0n) is 14.5. The summed E-state index contributed by atoms with van der Waals surface area (Å²) < 4.78 is 2.40. The predicted octanol–water partition coefficient (Wildman–Crippen LogP) is 1.80. The first-order valence-electron chi connectivity index (χ1n) is 8.45. The molecule has 1 atom stereocenters. The number of rotatable bonds is 8. The number of phenols is 1. The van der Waals surface area contributed by atoms with Crippen molar-refractivity contribution in [3.05, 3.63) is 45.7 Å². The zero-order chi connectivity index (χ0) is 19.4. The number of aliphatic hydroxyl groups excluding tert-OH is 1. The monoisotopic (exact) mass is 481 g/mol. The van der Waals surface area contributed by atoms with Gasteiger partial charge in [-0.2, -0.15) is 0 Å². The van der Waals surface area contributed by atoms with Gasteiger partial charge in [0.2, 0.25) is 11.9 Å². The molecule has 8 nitrogen and oxygen atoms in total. The molecule has 1 aromatic carbocycles. The van der Waals surface area contributed by atoms with Crippen LogP contribution in [0.1, 0.15) is 18.0 Å². The lowest BCUT2D eigenvalue weighted by atomic mass is 10.0. The van der Waals surface area contributed by atoms with Crippen LogP contribution in [0.4, 0.5) is 5.95 Å². The first-order chi connectivity index (χ1) is 13.0. The van der Waals surface area contributed by atoms with Gasteiger partial charge in [0.05, 0.1) is 3.57 Å². The van der Waals surface area contributed by atoms with E-state index in [1.54, 1.807) is 29.0 Å². The van der Waals surface area contributed by atoms with Crippen LogP contribution in [0.5, 0.6) is 5.75 Å². The highest BCUT2D eigenvalue weighted by atomic mass is 127. The van der Waals surface area contributed by atoms with Gasteiger partial charge < -0.3 is 21.3 Å². The second-order valence-corrected chi connectivity index (χ2v) is 7.23. The fourth-order valence-corrected chi connectivity index (χ4v) is 3.43. The molecular weight excluding hydrogens is 461 g/mol. The van der Waals surface area contributed by atoms with Crippen molar-refractivity contribution in [1.29, 1.82) is 0 Å². The van der Waals surface area contributed by atoms with Gasteiger partial charge in [0, 0.05) is 25.8 Å². The molecule has 2 aromatic heterocycles. The number of carbonyl (C=O) groups is 1. The van der Waals surface area contributed by atoms with E-state index >= 15 is 0 Å². The smallest absolute Gasteiger partial charge is 0.241 e. The van der Waals surface area contributed by atoms with Gasteiger partial charge in [0.25, 0.3) is 0 Å². The summed E-state index contributed by atoms with van der Waals surface area (Å²) in [4.78, 5) is 21.2. The SMILES string of the molecule is NC(=O)C(Cc1ccc(O)c(I)c1)n1c(NCCCO)nc2cccnc21. The minimum atomic E-state index is -0.707. The van der Waals surface area contributed by atoms with Crippen LogP contribution in [-0.4, -0.2) is 43.8 Å². The van der Waals surface area contributed by atoms with Crippen molar-refractivity contribution in [2.45, 2.75) is 18.9 Å². The number of aliphatic hydroxyl groups is 1. The number of hydrogen-bond donors (Lipinski definition) is 4. The van der Waals surface area contributed by atoms with Gasteiger partial charge in [0.1, 0.15) is 17.3 Å². The Morgan fingerprint density at radius 1 is 1.37 bits per heavy atom. The van der Waals surface area contributed by atoms with Crippen molar-refractivity contribution in [2.24, 2.45) is 5.73 Å². The molecule has 0 aliphatic heterocycles. The third-order valence-corrected chi connectivity index (χ3v) is 5.01. The van der Waals surface area contributed by atoms with Crippen LogP contribution in [0.3, 0.4) is 0 Å². The van der Waals surface area contributed by atoms with E-state index in [0.29, 0.717) is 40.1 Å².